The molecule has 0 aliphatic heterocycles. The Morgan fingerprint density at radius 3 is 1.48 bits per heavy atom. The molecule has 3 rings (SSSR count). The van der Waals surface area contributed by atoms with E-state index in [1.807, 2.05) is 60.7 Å². The quantitative estimate of drug-likeness (QED) is 0.744. The molecule has 128 valence electrons. The third-order valence-corrected chi connectivity index (χ3v) is 4.39. The van der Waals surface area contributed by atoms with Crippen LogP contribution in [0.3, 0.4) is 0 Å². The Hall–Kier alpha value is -2.81. The van der Waals surface area contributed by atoms with Crippen molar-refractivity contribution in [1.82, 2.24) is 0 Å². The third-order valence-electron chi connectivity index (χ3n) is 4.39. The van der Waals surface area contributed by atoms with E-state index in [4.69, 9.17) is 9.47 Å². The van der Waals surface area contributed by atoms with Crippen LogP contribution in [0.2, 0.25) is 0 Å². The highest BCUT2D eigenvalue weighted by Crippen LogP contribution is 2.28. The Balaban J connectivity index is 1.81. The number of allylic oxidation sites excluding steroid dienone is 2. The highest BCUT2D eigenvalue weighted by atomic mass is 16.5. The van der Waals surface area contributed by atoms with Crippen LogP contribution in [0.4, 0.5) is 0 Å². The Morgan fingerprint density at radius 2 is 1.12 bits per heavy atom. The molecule has 0 spiro atoms. The van der Waals surface area contributed by atoms with E-state index in [9.17, 15) is 4.79 Å². The molecule has 0 unspecified atom stereocenters. The minimum absolute atomic E-state index is 0.151. The molecular weight excluding hydrogens is 312 g/mol. The molecule has 3 nitrogen and oxygen atoms in total. The first-order valence-corrected chi connectivity index (χ1v) is 8.43. The molecule has 1 saturated carbocycles. The Kier molecular flexibility index (Phi) is 5.34. The van der Waals surface area contributed by atoms with Crippen molar-refractivity contribution in [3.63, 3.8) is 0 Å². The second-order valence-electron chi connectivity index (χ2n) is 6.07. The third kappa shape index (κ3) is 4.18. The van der Waals surface area contributed by atoms with Crippen LogP contribution in [0, 0.1) is 0 Å². The van der Waals surface area contributed by atoms with Crippen LogP contribution < -0.4 is 9.47 Å². The molecule has 2 aromatic carbocycles. The number of Topliss-reactive ketones (excluding diaryl/α,β-unsaturated/α-hetero) is 1. The Morgan fingerprint density at radius 1 is 0.720 bits per heavy atom. The van der Waals surface area contributed by atoms with Crippen LogP contribution in [-0.2, 0) is 4.79 Å². The van der Waals surface area contributed by atoms with Gasteiger partial charge < -0.3 is 9.47 Å². The number of hydrogen-bond donors (Lipinski definition) is 0. The van der Waals surface area contributed by atoms with Crippen LogP contribution in [0.25, 0.3) is 12.2 Å². The van der Waals surface area contributed by atoms with Crippen LogP contribution in [0.5, 0.6) is 11.5 Å². The van der Waals surface area contributed by atoms with E-state index in [1.54, 1.807) is 14.2 Å². The lowest BCUT2D eigenvalue weighted by Gasteiger charge is -2.16. The van der Waals surface area contributed by atoms with Crippen molar-refractivity contribution < 1.29 is 14.3 Å². The SMILES string of the molecule is COc1ccc(C=C2CCC/C(=C/c3ccc(OC)cc3)C2=O)cc1. The summed E-state index contributed by atoms with van der Waals surface area (Å²) >= 11 is 0. The summed E-state index contributed by atoms with van der Waals surface area (Å²) in [5.41, 5.74) is 3.79. The van der Waals surface area contributed by atoms with Gasteiger partial charge in [0.25, 0.3) is 0 Å². The number of carbonyl (C=O) groups is 1. The van der Waals surface area contributed by atoms with Gasteiger partial charge in [0.15, 0.2) is 5.78 Å². The first-order chi connectivity index (χ1) is 12.2. The van der Waals surface area contributed by atoms with Gasteiger partial charge in [-0.2, -0.15) is 0 Å². The van der Waals surface area contributed by atoms with Gasteiger partial charge in [-0.1, -0.05) is 24.3 Å². The molecule has 0 heterocycles. The number of ketones is 1. The monoisotopic (exact) mass is 334 g/mol. The lowest BCUT2D eigenvalue weighted by Crippen LogP contribution is -2.12. The summed E-state index contributed by atoms with van der Waals surface area (Å²) in [5, 5.41) is 0. The predicted octanol–water partition coefficient (Wildman–Crippen LogP) is 4.92. The molecule has 0 radical (unpaired) electrons. The number of ether oxygens (including phenoxy) is 2. The molecule has 0 amide bonds. The number of hydrogen-bond acceptors (Lipinski definition) is 3. The molecule has 1 fully saturated rings. The fraction of sp³-hybridized carbons (Fsp3) is 0.227. The van der Waals surface area contributed by atoms with Crippen molar-refractivity contribution in [3.8, 4) is 11.5 Å². The number of benzene rings is 2. The zero-order valence-electron chi connectivity index (χ0n) is 14.6. The first-order valence-electron chi connectivity index (χ1n) is 8.43. The van der Waals surface area contributed by atoms with E-state index in [0.717, 1.165) is 53.0 Å². The Bertz CT molecular complexity index is 729. The molecule has 0 N–H and O–H groups in total. The van der Waals surface area contributed by atoms with E-state index in [-0.39, 0.29) is 5.78 Å². The van der Waals surface area contributed by atoms with Gasteiger partial charge in [0.1, 0.15) is 11.5 Å². The largest absolute Gasteiger partial charge is 0.497 e. The van der Waals surface area contributed by atoms with Crippen molar-refractivity contribution in [2.24, 2.45) is 0 Å². The van der Waals surface area contributed by atoms with Gasteiger partial charge >= 0.3 is 0 Å². The van der Waals surface area contributed by atoms with Gasteiger partial charge in [-0.3, -0.25) is 4.79 Å². The molecule has 1 aliphatic rings. The molecule has 0 saturated heterocycles. The second kappa shape index (κ2) is 7.84. The molecule has 0 aromatic heterocycles. The van der Waals surface area contributed by atoms with Gasteiger partial charge in [-0.25, -0.2) is 0 Å². The normalized spacial score (nSPS) is 17.8. The summed E-state index contributed by atoms with van der Waals surface area (Å²) < 4.78 is 10.3. The van der Waals surface area contributed by atoms with Crippen LogP contribution >= 0.6 is 0 Å². The van der Waals surface area contributed by atoms with E-state index >= 15 is 0 Å². The number of methoxy groups -OCH3 is 2. The standard InChI is InChI=1S/C22H22O3/c1-24-20-10-6-16(7-11-20)14-18-4-3-5-19(22(18)23)15-17-8-12-21(25-2)13-9-17/h6-15H,3-5H2,1-2H3/b18-14-,19-15?. The average molecular weight is 334 g/mol. The number of carbonyl (C=O) groups excluding carboxylic acids is 1. The van der Waals surface area contributed by atoms with E-state index in [1.165, 1.54) is 0 Å². The minimum Gasteiger partial charge on any atom is -0.497 e. The van der Waals surface area contributed by atoms with Crippen molar-refractivity contribution in [1.29, 1.82) is 0 Å². The second-order valence-corrected chi connectivity index (χ2v) is 6.07. The maximum Gasteiger partial charge on any atom is 0.185 e. The fourth-order valence-electron chi connectivity index (χ4n) is 2.98. The van der Waals surface area contributed by atoms with Crippen LogP contribution in [-0.4, -0.2) is 20.0 Å². The average Bonchev–Trinajstić information content (AvgIpc) is 2.66. The van der Waals surface area contributed by atoms with E-state index in [0.29, 0.717) is 0 Å². The summed E-state index contributed by atoms with van der Waals surface area (Å²) in [6, 6.07) is 15.5. The van der Waals surface area contributed by atoms with Crippen LogP contribution in [0.1, 0.15) is 30.4 Å². The van der Waals surface area contributed by atoms with Crippen molar-refractivity contribution in [2.45, 2.75) is 19.3 Å². The van der Waals surface area contributed by atoms with E-state index in [2.05, 4.69) is 0 Å². The summed E-state index contributed by atoms with van der Waals surface area (Å²) in [6.45, 7) is 0. The topological polar surface area (TPSA) is 35.5 Å². The highest BCUT2D eigenvalue weighted by molar-refractivity contribution is 6.13. The van der Waals surface area contributed by atoms with Gasteiger partial charge in [0.2, 0.25) is 0 Å². The molecule has 25 heavy (non-hydrogen) atoms. The van der Waals surface area contributed by atoms with Gasteiger partial charge in [-0.05, 0) is 66.8 Å². The van der Waals surface area contributed by atoms with Crippen molar-refractivity contribution >= 4 is 17.9 Å². The van der Waals surface area contributed by atoms with Crippen molar-refractivity contribution in [3.05, 3.63) is 70.8 Å². The maximum absolute atomic E-state index is 12.8. The number of rotatable bonds is 4. The fourth-order valence-corrected chi connectivity index (χ4v) is 2.98. The molecule has 3 heteroatoms. The molecule has 0 atom stereocenters. The van der Waals surface area contributed by atoms with E-state index < -0.39 is 0 Å². The van der Waals surface area contributed by atoms with Gasteiger partial charge in [0, 0.05) is 11.1 Å². The first kappa shape index (κ1) is 17.0. The smallest absolute Gasteiger partial charge is 0.185 e. The van der Waals surface area contributed by atoms with Gasteiger partial charge in [-0.15, -0.1) is 0 Å². The zero-order chi connectivity index (χ0) is 17.6. The van der Waals surface area contributed by atoms with Gasteiger partial charge in [0.05, 0.1) is 14.2 Å². The molecule has 0 bridgehead atoms. The van der Waals surface area contributed by atoms with Crippen molar-refractivity contribution in [2.75, 3.05) is 14.2 Å². The Labute approximate surface area is 148 Å². The highest BCUT2D eigenvalue weighted by Gasteiger charge is 2.20. The molecular formula is C22H22O3. The molecule has 1 aliphatic carbocycles. The summed E-state index contributed by atoms with van der Waals surface area (Å²) in [6.07, 6.45) is 6.62. The summed E-state index contributed by atoms with van der Waals surface area (Å²) in [4.78, 5) is 12.8. The molecule has 2 aromatic rings. The lowest BCUT2D eigenvalue weighted by atomic mass is 9.87. The van der Waals surface area contributed by atoms with Crippen LogP contribution in [0.15, 0.2) is 59.7 Å². The summed E-state index contributed by atoms with van der Waals surface area (Å²) in [5.74, 6) is 1.78. The lowest BCUT2D eigenvalue weighted by molar-refractivity contribution is -0.112. The predicted molar refractivity (Wildman–Crippen MR) is 101 cm³/mol. The maximum atomic E-state index is 12.8. The summed E-state index contributed by atoms with van der Waals surface area (Å²) in [7, 11) is 3.29. The minimum atomic E-state index is 0.151. The zero-order valence-corrected chi connectivity index (χ0v) is 14.6.